The molecule has 0 fully saturated rings. The minimum Gasteiger partial charge on any atom is -0.449 e. The maximum absolute atomic E-state index is 13.6. The number of ketones is 2. The SMILES string of the molecule is CC(=O)/C1=C/C(Cn2cnc(C(F)(F)F)c(Oc3cc(Cl)cc(C#N)c3)c2=O)=N\C(C)NCC1=O. The predicted octanol–water partition coefficient (Wildman–Crippen LogP) is 3.05. The van der Waals surface area contributed by atoms with Gasteiger partial charge >= 0.3 is 6.18 Å². The lowest BCUT2D eigenvalue weighted by molar-refractivity contribution is -0.142. The number of rotatable bonds is 5. The van der Waals surface area contributed by atoms with Crippen LogP contribution >= 0.6 is 11.6 Å². The number of nitrogens with one attached hydrogen (secondary N) is 1. The standard InChI is InChI=1S/C22H17ClF3N5O4/c1-11(32)17-6-15(30-12(2)28-8-18(17)33)9-31-10-29-20(22(24,25)26)19(21(31)34)35-16-4-13(7-27)3-14(23)5-16/h3-6,10,12,28H,8-9H2,1-2H3/b17-6-,30-15+. The molecule has 13 heteroatoms. The first kappa shape index (κ1) is 25.8. The molecule has 182 valence electrons. The summed E-state index contributed by atoms with van der Waals surface area (Å²) in [7, 11) is 0. The van der Waals surface area contributed by atoms with Gasteiger partial charge in [0.2, 0.25) is 5.75 Å². The maximum atomic E-state index is 13.6. The van der Waals surface area contributed by atoms with Gasteiger partial charge in [0.15, 0.2) is 17.3 Å². The number of nitrogens with zero attached hydrogens (tertiary/aromatic N) is 4. The van der Waals surface area contributed by atoms with Gasteiger partial charge in [-0.25, -0.2) is 4.98 Å². The van der Waals surface area contributed by atoms with E-state index in [0.717, 1.165) is 16.7 Å². The number of carbonyl (C=O) groups excluding carboxylic acids is 2. The first-order chi connectivity index (χ1) is 16.4. The molecule has 1 aromatic carbocycles. The van der Waals surface area contributed by atoms with Crippen molar-refractivity contribution in [2.45, 2.75) is 32.7 Å². The van der Waals surface area contributed by atoms with Gasteiger partial charge in [0.05, 0.1) is 48.5 Å². The molecule has 35 heavy (non-hydrogen) atoms. The molecule has 3 rings (SSSR count). The third-order valence-electron chi connectivity index (χ3n) is 4.73. The van der Waals surface area contributed by atoms with Gasteiger partial charge in [-0.1, -0.05) is 11.6 Å². The van der Waals surface area contributed by atoms with E-state index < -0.39 is 47.5 Å². The highest BCUT2D eigenvalue weighted by Crippen LogP contribution is 2.35. The number of alkyl halides is 3. The number of hydrogen-bond acceptors (Lipinski definition) is 8. The molecule has 1 atom stereocenters. The normalized spacial score (nSPS) is 19.5. The van der Waals surface area contributed by atoms with E-state index >= 15 is 0 Å². The van der Waals surface area contributed by atoms with E-state index in [1.165, 1.54) is 19.1 Å². The molecular formula is C22H17ClF3N5O4. The number of carbonyl (C=O) groups is 2. The zero-order valence-corrected chi connectivity index (χ0v) is 19.1. The third-order valence-corrected chi connectivity index (χ3v) is 4.94. The predicted molar refractivity (Wildman–Crippen MR) is 118 cm³/mol. The van der Waals surface area contributed by atoms with Crippen molar-refractivity contribution < 1.29 is 27.5 Å². The second-order valence-corrected chi connectivity index (χ2v) is 7.89. The number of nitriles is 1. The fourth-order valence-electron chi connectivity index (χ4n) is 3.15. The van der Waals surface area contributed by atoms with Crippen molar-refractivity contribution in [3.63, 3.8) is 0 Å². The Morgan fingerprint density at radius 1 is 1.34 bits per heavy atom. The number of Topliss-reactive ketones (excluding diaryl/α,β-unsaturated/α-hetero) is 2. The molecule has 9 nitrogen and oxygen atoms in total. The number of ether oxygens (including phenoxy) is 1. The molecule has 1 aliphatic heterocycles. The fourth-order valence-corrected chi connectivity index (χ4v) is 3.38. The summed E-state index contributed by atoms with van der Waals surface area (Å²) < 4.78 is 46.8. The molecule has 1 aromatic heterocycles. The van der Waals surface area contributed by atoms with Crippen LogP contribution in [0.1, 0.15) is 25.1 Å². The van der Waals surface area contributed by atoms with Gasteiger partial charge in [0.25, 0.3) is 5.56 Å². The van der Waals surface area contributed by atoms with Crippen LogP contribution in [-0.2, 0) is 22.3 Å². The molecule has 1 aliphatic rings. The van der Waals surface area contributed by atoms with Crippen LogP contribution in [0.15, 0.2) is 46.0 Å². The lowest BCUT2D eigenvalue weighted by atomic mass is 10.0. The van der Waals surface area contributed by atoms with Crippen molar-refractivity contribution in [3.8, 4) is 17.6 Å². The first-order valence-corrected chi connectivity index (χ1v) is 10.4. The fraction of sp³-hybridized carbons (Fsp3) is 0.273. The van der Waals surface area contributed by atoms with Crippen LogP contribution in [0.2, 0.25) is 5.02 Å². The van der Waals surface area contributed by atoms with Gasteiger partial charge < -0.3 is 4.74 Å². The number of benzene rings is 1. The molecule has 0 saturated heterocycles. The lowest BCUT2D eigenvalue weighted by Gasteiger charge is -2.17. The van der Waals surface area contributed by atoms with E-state index in [1.54, 1.807) is 13.0 Å². The topological polar surface area (TPSA) is 126 Å². The Morgan fingerprint density at radius 3 is 2.69 bits per heavy atom. The van der Waals surface area contributed by atoms with Gasteiger partial charge in [0.1, 0.15) is 5.75 Å². The molecule has 0 aliphatic carbocycles. The van der Waals surface area contributed by atoms with Crippen LogP contribution < -0.4 is 15.6 Å². The Bertz CT molecular complexity index is 1360. The Labute approximate surface area is 201 Å². The molecular weight excluding hydrogens is 491 g/mol. The van der Waals surface area contributed by atoms with E-state index in [2.05, 4.69) is 15.3 Å². The van der Waals surface area contributed by atoms with E-state index in [9.17, 15) is 27.6 Å². The second-order valence-electron chi connectivity index (χ2n) is 7.46. The highest BCUT2D eigenvalue weighted by Gasteiger charge is 2.39. The highest BCUT2D eigenvalue weighted by molar-refractivity contribution is 6.30. The van der Waals surface area contributed by atoms with Crippen molar-refractivity contribution in [2.75, 3.05) is 6.54 Å². The zero-order chi connectivity index (χ0) is 25.9. The number of allylic oxidation sites excluding steroid dienone is 1. The lowest BCUT2D eigenvalue weighted by Crippen LogP contribution is -2.36. The summed E-state index contributed by atoms with van der Waals surface area (Å²) in [5, 5.41) is 11.9. The van der Waals surface area contributed by atoms with Crippen LogP contribution in [0.4, 0.5) is 13.2 Å². The minimum atomic E-state index is -5.03. The van der Waals surface area contributed by atoms with Crippen LogP contribution in [0, 0.1) is 11.3 Å². The van der Waals surface area contributed by atoms with Crippen LogP contribution in [0.25, 0.3) is 0 Å². The summed E-state index contributed by atoms with van der Waals surface area (Å²) in [4.78, 5) is 44.8. The summed E-state index contributed by atoms with van der Waals surface area (Å²) in [6, 6.07) is 5.30. The van der Waals surface area contributed by atoms with Gasteiger partial charge in [-0.2, -0.15) is 18.4 Å². The zero-order valence-electron chi connectivity index (χ0n) is 18.3. The highest BCUT2D eigenvalue weighted by atomic mass is 35.5. The summed E-state index contributed by atoms with van der Waals surface area (Å²) in [6.07, 6.45) is -3.75. The molecule has 0 saturated carbocycles. The summed E-state index contributed by atoms with van der Waals surface area (Å²) in [6.45, 7) is 2.27. The number of halogens is 4. The summed E-state index contributed by atoms with van der Waals surface area (Å²) >= 11 is 5.88. The molecule has 0 amide bonds. The molecule has 1 unspecified atom stereocenters. The third kappa shape index (κ3) is 6.20. The first-order valence-electron chi connectivity index (χ1n) is 10.00. The average Bonchev–Trinajstić information content (AvgIpc) is 2.75. The molecule has 0 radical (unpaired) electrons. The Morgan fingerprint density at radius 2 is 2.06 bits per heavy atom. The monoisotopic (exact) mass is 507 g/mol. The number of aliphatic imine (C=N–C) groups is 1. The maximum Gasteiger partial charge on any atom is 0.437 e. The molecule has 2 heterocycles. The van der Waals surface area contributed by atoms with Gasteiger partial charge in [-0.05, 0) is 38.1 Å². The Balaban J connectivity index is 2.11. The quantitative estimate of drug-likeness (QED) is 0.616. The second kappa shape index (κ2) is 10.2. The van der Waals surface area contributed by atoms with Crippen molar-refractivity contribution in [1.82, 2.24) is 14.9 Å². The van der Waals surface area contributed by atoms with E-state index in [0.29, 0.717) is 6.33 Å². The summed E-state index contributed by atoms with van der Waals surface area (Å²) in [5.41, 5.74) is -2.88. The van der Waals surface area contributed by atoms with Gasteiger partial charge in [-0.15, -0.1) is 0 Å². The number of hydrogen-bond donors (Lipinski definition) is 1. The molecule has 1 N–H and O–H groups in total. The smallest absolute Gasteiger partial charge is 0.437 e. The van der Waals surface area contributed by atoms with Crippen LogP contribution in [-0.4, -0.2) is 39.5 Å². The van der Waals surface area contributed by atoms with Crippen molar-refractivity contribution in [3.05, 3.63) is 62.8 Å². The van der Waals surface area contributed by atoms with E-state index in [-0.39, 0.29) is 34.2 Å². The van der Waals surface area contributed by atoms with E-state index in [1.807, 2.05) is 0 Å². The van der Waals surface area contributed by atoms with Crippen molar-refractivity contribution in [1.29, 1.82) is 5.26 Å². The van der Waals surface area contributed by atoms with Crippen LogP contribution in [0.3, 0.4) is 0 Å². The minimum absolute atomic E-state index is 0.00204. The van der Waals surface area contributed by atoms with E-state index in [4.69, 9.17) is 21.6 Å². The Kier molecular flexibility index (Phi) is 7.52. The number of aromatic nitrogens is 2. The summed E-state index contributed by atoms with van der Waals surface area (Å²) in [5.74, 6) is -2.44. The Hall–Kier alpha value is -3.82. The molecule has 2 aromatic rings. The van der Waals surface area contributed by atoms with Crippen LogP contribution in [0.5, 0.6) is 11.5 Å². The van der Waals surface area contributed by atoms with Gasteiger partial charge in [0, 0.05) is 5.02 Å². The van der Waals surface area contributed by atoms with Gasteiger partial charge in [-0.3, -0.25) is 29.3 Å². The molecule has 0 bridgehead atoms. The van der Waals surface area contributed by atoms with Crippen molar-refractivity contribution in [2.24, 2.45) is 4.99 Å². The van der Waals surface area contributed by atoms with Crippen molar-refractivity contribution >= 4 is 28.9 Å². The average molecular weight is 508 g/mol. The molecule has 0 spiro atoms. The largest absolute Gasteiger partial charge is 0.449 e.